The van der Waals surface area contributed by atoms with Crippen molar-refractivity contribution in [2.75, 3.05) is 14.2 Å². The fourth-order valence-electron chi connectivity index (χ4n) is 3.94. The van der Waals surface area contributed by atoms with Crippen LogP contribution in [0.1, 0.15) is 31.0 Å². The Balaban J connectivity index is 1.94. The fourth-order valence-corrected chi connectivity index (χ4v) is 3.94. The van der Waals surface area contributed by atoms with Gasteiger partial charge in [0.15, 0.2) is 0 Å². The molecule has 0 bridgehead atoms. The predicted octanol–water partition coefficient (Wildman–Crippen LogP) is 5.89. The van der Waals surface area contributed by atoms with E-state index in [0.29, 0.717) is 18.2 Å². The number of nitrogens with zero attached hydrogens (tertiary/aromatic N) is 2. The van der Waals surface area contributed by atoms with Gasteiger partial charge in [0.05, 0.1) is 32.1 Å². The van der Waals surface area contributed by atoms with Gasteiger partial charge in [-0.2, -0.15) is 0 Å². The van der Waals surface area contributed by atoms with E-state index < -0.39 is 0 Å². The third kappa shape index (κ3) is 4.77. The summed E-state index contributed by atoms with van der Waals surface area (Å²) in [5, 5.41) is 15.1. The van der Waals surface area contributed by atoms with E-state index in [0.717, 1.165) is 39.3 Å². The van der Waals surface area contributed by atoms with Crippen molar-refractivity contribution < 1.29 is 19.3 Å². The van der Waals surface area contributed by atoms with Gasteiger partial charge in [0.1, 0.15) is 18.1 Å². The van der Waals surface area contributed by atoms with E-state index in [1.807, 2.05) is 77.5 Å². The molecule has 4 rings (SSSR count). The third-order valence-electron chi connectivity index (χ3n) is 5.71. The quantitative estimate of drug-likeness (QED) is 0.339. The van der Waals surface area contributed by atoms with Crippen LogP contribution in [0.2, 0.25) is 0 Å². The second-order valence-corrected chi connectivity index (χ2v) is 8.25. The third-order valence-corrected chi connectivity index (χ3v) is 5.71. The maximum atomic E-state index is 10.2. The van der Waals surface area contributed by atoms with Gasteiger partial charge < -0.3 is 19.3 Å². The van der Waals surface area contributed by atoms with Crippen molar-refractivity contribution in [3.8, 4) is 39.8 Å². The molecule has 3 aromatic carbocycles. The molecule has 0 fully saturated rings. The highest BCUT2D eigenvalue weighted by Crippen LogP contribution is 2.43. The number of benzene rings is 3. The van der Waals surface area contributed by atoms with Crippen molar-refractivity contribution >= 4 is 0 Å². The molecule has 0 radical (unpaired) electrons. The summed E-state index contributed by atoms with van der Waals surface area (Å²) in [6.07, 6.45) is 0. The van der Waals surface area contributed by atoms with Crippen molar-refractivity contribution in [1.29, 1.82) is 0 Å². The Morgan fingerprint density at radius 2 is 1.56 bits per heavy atom. The molecule has 1 aromatic heterocycles. The lowest BCUT2D eigenvalue weighted by molar-refractivity contribution is 0.281. The molecule has 1 heterocycles. The Morgan fingerprint density at radius 1 is 0.882 bits per heavy atom. The highest BCUT2D eigenvalue weighted by atomic mass is 16.5. The van der Waals surface area contributed by atoms with E-state index in [4.69, 9.17) is 19.3 Å². The van der Waals surface area contributed by atoms with Crippen LogP contribution in [0.4, 0.5) is 0 Å². The van der Waals surface area contributed by atoms with Crippen LogP contribution in [0, 0.1) is 0 Å². The molecule has 0 aliphatic heterocycles. The van der Waals surface area contributed by atoms with Crippen LogP contribution in [-0.4, -0.2) is 29.1 Å². The molecule has 0 amide bonds. The molecule has 6 nitrogen and oxygen atoms in total. The van der Waals surface area contributed by atoms with E-state index in [9.17, 15) is 5.11 Å². The minimum atomic E-state index is -0.119. The van der Waals surface area contributed by atoms with Crippen LogP contribution in [0.25, 0.3) is 22.4 Å². The monoisotopic (exact) mass is 458 g/mol. The topological polar surface area (TPSA) is 65.7 Å². The summed E-state index contributed by atoms with van der Waals surface area (Å²) >= 11 is 0. The van der Waals surface area contributed by atoms with Gasteiger partial charge in [-0.1, -0.05) is 36.4 Å². The number of hydrogen-bond donors (Lipinski definition) is 1. The molecule has 0 saturated heterocycles. The first-order valence-corrected chi connectivity index (χ1v) is 11.3. The molecule has 0 aliphatic carbocycles. The molecule has 0 saturated carbocycles. The van der Waals surface area contributed by atoms with Crippen molar-refractivity contribution in [2.24, 2.45) is 0 Å². The van der Waals surface area contributed by atoms with E-state index in [2.05, 4.69) is 13.8 Å². The summed E-state index contributed by atoms with van der Waals surface area (Å²) in [5.74, 6) is 1.98. The SMILES string of the molecule is COc1ccc(-c2c(-c3cc(OC)ccc3CO)c(OCc3ccccc3)nn2C(C)C)cc1. The normalized spacial score (nSPS) is 11.0. The van der Waals surface area contributed by atoms with Crippen LogP contribution in [0.5, 0.6) is 17.4 Å². The minimum Gasteiger partial charge on any atom is -0.497 e. The number of methoxy groups -OCH3 is 2. The van der Waals surface area contributed by atoms with Crippen molar-refractivity contribution in [3.05, 3.63) is 83.9 Å². The van der Waals surface area contributed by atoms with Gasteiger partial charge in [0, 0.05) is 11.6 Å². The fraction of sp³-hybridized carbons (Fsp3) is 0.250. The molecule has 0 unspecified atom stereocenters. The second kappa shape index (κ2) is 10.4. The van der Waals surface area contributed by atoms with Crippen LogP contribution in [0.15, 0.2) is 72.8 Å². The first-order valence-electron chi connectivity index (χ1n) is 11.3. The summed E-state index contributed by atoms with van der Waals surface area (Å²) in [4.78, 5) is 0. The first kappa shape index (κ1) is 23.4. The zero-order valence-electron chi connectivity index (χ0n) is 20.0. The lowest BCUT2D eigenvalue weighted by atomic mass is 9.96. The molecule has 4 aromatic rings. The average Bonchev–Trinajstić information content (AvgIpc) is 3.27. The number of ether oxygens (including phenoxy) is 3. The summed E-state index contributed by atoms with van der Waals surface area (Å²) in [6.45, 7) is 4.43. The maximum Gasteiger partial charge on any atom is 0.241 e. The summed E-state index contributed by atoms with van der Waals surface area (Å²) < 4.78 is 19.1. The molecular weight excluding hydrogens is 428 g/mol. The Morgan fingerprint density at radius 3 is 2.18 bits per heavy atom. The number of aliphatic hydroxyl groups excluding tert-OH is 1. The van der Waals surface area contributed by atoms with E-state index in [1.165, 1.54) is 0 Å². The standard InChI is InChI=1S/C28H30N2O4/c1-19(2)30-27(21-10-13-23(32-3)14-11-21)26(25-16-24(33-4)15-12-22(25)17-31)28(29-30)34-18-20-8-6-5-7-9-20/h5-16,19,31H,17-18H2,1-4H3. The molecule has 0 aliphatic rings. The molecule has 34 heavy (non-hydrogen) atoms. The first-order chi connectivity index (χ1) is 16.5. The molecule has 1 N–H and O–H groups in total. The minimum absolute atomic E-state index is 0.0770. The zero-order valence-corrected chi connectivity index (χ0v) is 20.0. The summed E-state index contributed by atoms with van der Waals surface area (Å²) in [7, 11) is 3.28. The van der Waals surface area contributed by atoms with E-state index in [-0.39, 0.29) is 12.6 Å². The maximum absolute atomic E-state index is 10.2. The Bertz CT molecular complexity index is 1230. The summed E-state index contributed by atoms with van der Waals surface area (Å²) in [6, 6.07) is 23.6. The van der Waals surface area contributed by atoms with Crippen LogP contribution < -0.4 is 14.2 Å². The van der Waals surface area contributed by atoms with E-state index in [1.54, 1.807) is 14.2 Å². The lowest BCUT2D eigenvalue weighted by Gasteiger charge is -2.15. The number of rotatable bonds is 9. The van der Waals surface area contributed by atoms with Gasteiger partial charge in [-0.05, 0) is 66.9 Å². The van der Waals surface area contributed by atoms with Gasteiger partial charge in [-0.25, -0.2) is 0 Å². The highest BCUT2D eigenvalue weighted by molar-refractivity contribution is 5.87. The molecule has 0 spiro atoms. The van der Waals surface area contributed by atoms with Gasteiger partial charge in [0.2, 0.25) is 5.88 Å². The second-order valence-electron chi connectivity index (χ2n) is 8.25. The molecule has 176 valence electrons. The Kier molecular flexibility index (Phi) is 7.18. The average molecular weight is 459 g/mol. The molecule has 0 atom stereocenters. The van der Waals surface area contributed by atoms with Gasteiger partial charge in [0.25, 0.3) is 0 Å². The number of hydrogen-bond acceptors (Lipinski definition) is 5. The smallest absolute Gasteiger partial charge is 0.241 e. The van der Waals surface area contributed by atoms with E-state index >= 15 is 0 Å². The van der Waals surface area contributed by atoms with Crippen molar-refractivity contribution in [2.45, 2.75) is 33.1 Å². The predicted molar refractivity (Wildman–Crippen MR) is 133 cm³/mol. The van der Waals surface area contributed by atoms with Crippen molar-refractivity contribution in [3.63, 3.8) is 0 Å². The molecular formula is C28H30N2O4. The summed E-state index contributed by atoms with van der Waals surface area (Å²) in [5.41, 5.74) is 5.33. The van der Waals surface area contributed by atoms with Gasteiger partial charge in [-0.3, -0.25) is 4.68 Å². The highest BCUT2D eigenvalue weighted by Gasteiger charge is 2.26. The Hall–Kier alpha value is -3.77. The molecule has 6 heteroatoms. The van der Waals surface area contributed by atoms with Crippen LogP contribution in [0.3, 0.4) is 0 Å². The Labute approximate surface area is 200 Å². The zero-order chi connectivity index (χ0) is 24.1. The number of aliphatic hydroxyl groups is 1. The van der Waals surface area contributed by atoms with Gasteiger partial charge >= 0.3 is 0 Å². The largest absolute Gasteiger partial charge is 0.497 e. The van der Waals surface area contributed by atoms with Crippen molar-refractivity contribution in [1.82, 2.24) is 9.78 Å². The van der Waals surface area contributed by atoms with Crippen LogP contribution in [-0.2, 0) is 13.2 Å². The van der Waals surface area contributed by atoms with Crippen LogP contribution >= 0.6 is 0 Å². The van der Waals surface area contributed by atoms with Gasteiger partial charge in [-0.15, -0.1) is 5.10 Å². The number of aromatic nitrogens is 2. The lowest BCUT2D eigenvalue weighted by Crippen LogP contribution is -2.05.